The Bertz CT molecular complexity index is 538. The summed E-state index contributed by atoms with van der Waals surface area (Å²) in [6, 6.07) is 12.3. The van der Waals surface area contributed by atoms with Crippen molar-refractivity contribution in [1.82, 2.24) is 9.97 Å². The van der Waals surface area contributed by atoms with E-state index in [1.807, 2.05) is 31.3 Å². The van der Waals surface area contributed by atoms with Gasteiger partial charge in [-0.2, -0.15) is 0 Å². The Balaban J connectivity index is 1.88. The normalized spacial score (nSPS) is 14.5. The standard InChI is InChI=1S/C14H15N3S/c1-15-12-9-13(17-14(16-12)10-7-8-10)18-11-5-3-2-4-6-11/h2-6,9-10H,7-8H2,1H3,(H,15,16,17). The number of rotatable bonds is 4. The van der Waals surface area contributed by atoms with Crippen molar-refractivity contribution in [2.75, 3.05) is 12.4 Å². The van der Waals surface area contributed by atoms with Gasteiger partial charge in [0, 0.05) is 23.9 Å². The molecule has 1 aliphatic rings. The van der Waals surface area contributed by atoms with E-state index < -0.39 is 0 Å². The Morgan fingerprint density at radius 3 is 2.61 bits per heavy atom. The summed E-state index contributed by atoms with van der Waals surface area (Å²) in [4.78, 5) is 10.4. The molecule has 4 heteroatoms. The van der Waals surface area contributed by atoms with Crippen LogP contribution in [0.25, 0.3) is 0 Å². The highest BCUT2D eigenvalue weighted by Crippen LogP contribution is 2.39. The van der Waals surface area contributed by atoms with Crippen molar-refractivity contribution in [2.24, 2.45) is 0 Å². The van der Waals surface area contributed by atoms with Crippen LogP contribution in [0.1, 0.15) is 24.6 Å². The van der Waals surface area contributed by atoms with E-state index in [0.717, 1.165) is 16.7 Å². The van der Waals surface area contributed by atoms with E-state index in [4.69, 9.17) is 0 Å². The van der Waals surface area contributed by atoms with Crippen LogP contribution in [0.15, 0.2) is 46.3 Å². The van der Waals surface area contributed by atoms with Gasteiger partial charge in [-0.3, -0.25) is 0 Å². The smallest absolute Gasteiger partial charge is 0.135 e. The number of nitrogens with one attached hydrogen (secondary N) is 1. The van der Waals surface area contributed by atoms with Crippen molar-refractivity contribution in [2.45, 2.75) is 28.7 Å². The van der Waals surface area contributed by atoms with Crippen molar-refractivity contribution >= 4 is 17.6 Å². The molecule has 1 saturated carbocycles. The van der Waals surface area contributed by atoms with Crippen LogP contribution in [0.5, 0.6) is 0 Å². The van der Waals surface area contributed by atoms with Crippen LogP contribution in [-0.2, 0) is 0 Å². The number of hydrogen-bond donors (Lipinski definition) is 1. The minimum atomic E-state index is 0.577. The number of hydrogen-bond acceptors (Lipinski definition) is 4. The Hall–Kier alpha value is -1.55. The van der Waals surface area contributed by atoms with Gasteiger partial charge in [0.2, 0.25) is 0 Å². The lowest BCUT2D eigenvalue weighted by Gasteiger charge is -2.06. The van der Waals surface area contributed by atoms with Gasteiger partial charge in [-0.05, 0) is 25.0 Å². The lowest BCUT2D eigenvalue weighted by atomic mass is 10.4. The average Bonchev–Trinajstić information content (AvgIpc) is 3.24. The molecule has 1 aromatic heterocycles. The fraction of sp³-hybridized carbons (Fsp3) is 0.286. The highest BCUT2D eigenvalue weighted by molar-refractivity contribution is 7.99. The maximum atomic E-state index is 4.65. The highest BCUT2D eigenvalue weighted by Gasteiger charge is 2.27. The number of anilines is 1. The molecule has 0 aliphatic heterocycles. The van der Waals surface area contributed by atoms with E-state index in [1.165, 1.54) is 17.7 Å². The molecule has 92 valence electrons. The van der Waals surface area contributed by atoms with Gasteiger partial charge in [-0.15, -0.1) is 0 Å². The van der Waals surface area contributed by atoms with Crippen molar-refractivity contribution in [1.29, 1.82) is 0 Å². The predicted molar refractivity (Wildman–Crippen MR) is 74.1 cm³/mol. The number of nitrogens with zero attached hydrogens (tertiary/aromatic N) is 2. The Morgan fingerprint density at radius 1 is 1.17 bits per heavy atom. The van der Waals surface area contributed by atoms with Crippen molar-refractivity contribution in [3.63, 3.8) is 0 Å². The van der Waals surface area contributed by atoms with E-state index in [-0.39, 0.29) is 0 Å². The average molecular weight is 257 g/mol. The molecule has 18 heavy (non-hydrogen) atoms. The Labute approximate surface area is 111 Å². The molecule has 0 radical (unpaired) electrons. The third-order valence-corrected chi connectivity index (χ3v) is 3.81. The lowest BCUT2D eigenvalue weighted by molar-refractivity contribution is 0.880. The summed E-state index contributed by atoms with van der Waals surface area (Å²) in [5.41, 5.74) is 0. The zero-order chi connectivity index (χ0) is 12.4. The van der Waals surface area contributed by atoms with Crippen LogP contribution in [0.3, 0.4) is 0 Å². The molecule has 0 atom stereocenters. The molecule has 3 rings (SSSR count). The Morgan fingerprint density at radius 2 is 1.94 bits per heavy atom. The van der Waals surface area contributed by atoms with Gasteiger partial charge in [0.25, 0.3) is 0 Å². The third-order valence-electron chi connectivity index (χ3n) is 2.88. The lowest BCUT2D eigenvalue weighted by Crippen LogP contribution is -1.99. The van der Waals surface area contributed by atoms with Crippen LogP contribution in [0, 0.1) is 0 Å². The van der Waals surface area contributed by atoms with E-state index in [1.54, 1.807) is 11.8 Å². The van der Waals surface area contributed by atoms with Crippen LogP contribution >= 0.6 is 11.8 Å². The molecule has 0 spiro atoms. The van der Waals surface area contributed by atoms with Crippen molar-refractivity contribution in [3.05, 3.63) is 42.2 Å². The minimum Gasteiger partial charge on any atom is -0.373 e. The van der Waals surface area contributed by atoms with Gasteiger partial charge < -0.3 is 5.32 Å². The summed E-state index contributed by atoms with van der Waals surface area (Å²) < 4.78 is 0. The van der Waals surface area contributed by atoms with Gasteiger partial charge in [-0.25, -0.2) is 9.97 Å². The molecule has 1 N–H and O–H groups in total. The second-order valence-electron chi connectivity index (χ2n) is 4.39. The predicted octanol–water partition coefficient (Wildman–Crippen LogP) is 3.55. The van der Waals surface area contributed by atoms with Crippen LogP contribution in [-0.4, -0.2) is 17.0 Å². The minimum absolute atomic E-state index is 0.577. The second kappa shape index (κ2) is 4.98. The summed E-state index contributed by atoms with van der Waals surface area (Å²) in [7, 11) is 1.90. The number of aromatic nitrogens is 2. The first-order valence-corrected chi connectivity index (χ1v) is 6.96. The molecule has 0 bridgehead atoms. The van der Waals surface area contributed by atoms with Gasteiger partial charge in [-0.1, -0.05) is 30.0 Å². The van der Waals surface area contributed by atoms with Crippen molar-refractivity contribution in [3.8, 4) is 0 Å². The first-order chi connectivity index (χ1) is 8.85. The highest BCUT2D eigenvalue weighted by atomic mass is 32.2. The fourth-order valence-corrected chi connectivity index (χ4v) is 2.60. The molecule has 0 saturated heterocycles. The van der Waals surface area contributed by atoms with Gasteiger partial charge in [0.05, 0.1) is 0 Å². The van der Waals surface area contributed by atoms with E-state index in [9.17, 15) is 0 Å². The fourth-order valence-electron chi connectivity index (χ4n) is 1.76. The maximum Gasteiger partial charge on any atom is 0.135 e. The molecular weight excluding hydrogens is 242 g/mol. The zero-order valence-electron chi connectivity index (χ0n) is 10.3. The zero-order valence-corrected chi connectivity index (χ0v) is 11.1. The summed E-state index contributed by atoms with van der Waals surface area (Å²) in [6.07, 6.45) is 2.45. The second-order valence-corrected chi connectivity index (χ2v) is 5.48. The first kappa shape index (κ1) is 11.5. The van der Waals surface area contributed by atoms with Crippen LogP contribution < -0.4 is 5.32 Å². The molecule has 2 aromatic rings. The van der Waals surface area contributed by atoms with Crippen molar-refractivity contribution < 1.29 is 0 Å². The van der Waals surface area contributed by atoms with Gasteiger partial charge in [0.15, 0.2) is 0 Å². The largest absolute Gasteiger partial charge is 0.373 e. The molecule has 3 nitrogen and oxygen atoms in total. The Kier molecular flexibility index (Phi) is 3.19. The number of benzene rings is 1. The van der Waals surface area contributed by atoms with Gasteiger partial charge >= 0.3 is 0 Å². The molecule has 1 aliphatic carbocycles. The molecule has 1 heterocycles. The van der Waals surface area contributed by atoms with Crippen LogP contribution in [0.2, 0.25) is 0 Å². The maximum absolute atomic E-state index is 4.65. The summed E-state index contributed by atoms with van der Waals surface area (Å²) in [6.45, 7) is 0. The molecule has 0 unspecified atom stereocenters. The van der Waals surface area contributed by atoms with E-state index in [0.29, 0.717) is 5.92 Å². The summed E-state index contributed by atoms with van der Waals surface area (Å²) >= 11 is 1.69. The van der Waals surface area contributed by atoms with Crippen LogP contribution in [0.4, 0.5) is 5.82 Å². The quantitative estimate of drug-likeness (QED) is 0.850. The molecule has 1 fully saturated rings. The van der Waals surface area contributed by atoms with E-state index >= 15 is 0 Å². The van der Waals surface area contributed by atoms with E-state index in [2.05, 4.69) is 27.4 Å². The summed E-state index contributed by atoms with van der Waals surface area (Å²) in [5, 5.41) is 4.13. The molecule has 1 aromatic carbocycles. The summed E-state index contributed by atoms with van der Waals surface area (Å²) in [5.74, 6) is 2.47. The monoisotopic (exact) mass is 257 g/mol. The third kappa shape index (κ3) is 2.64. The topological polar surface area (TPSA) is 37.8 Å². The molecule has 0 amide bonds. The van der Waals surface area contributed by atoms with Gasteiger partial charge in [0.1, 0.15) is 16.7 Å². The molecular formula is C14H15N3S. The SMILES string of the molecule is CNc1cc(Sc2ccccc2)nc(C2CC2)n1. The first-order valence-electron chi connectivity index (χ1n) is 6.15.